The van der Waals surface area contributed by atoms with Crippen LogP contribution in [0.1, 0.15) is 11.8 Å². The van der Waals surface area contributed by atoms with Gasteiger partial charge in [-0.1, -0.05) is 43.3 Å². The number of hydrogen-bond donors (Lipinski definition) is 1. The summed E-state index contributed by atoms with van der Waals surface area (Å²) < 4.78 is 0. The summed E-state index contributed by atoms with van der Waals surface area (Å²) in [4.78, 5) is 10.9. The first kappa shape index (κ1) is 14.4. The number of anilines is 2. The molecule has 0 aliphatic rings. The van der Waals surface area contributed by atoms with Crippen LogP contribution in [0, 0.1) is 0 Å². The summed E-state index contributed by atoms with van der Waals surface area (Å²) in [5, 5.41) is 7.07. The van der Waals surface area contributed by atoms with Crippen molar-refractivity contribution in [1.82, 2.24) is 9.97 Å². The summed E-state index contributed by atoms with van der Waals surface area (Å²) in [7, 11) is 0. The van der Waals surface area contributed by atoms with E-state index in [2.05, 4.69) is 52.5 Å². The van der Waals surface area contributed by atoms with Gasteiger partial charge >= 0.3 is 0 Å². The third-order valence-corrected chi connectivity index (χ3v) is 5.15. The van der Waals surface area contributed by atoms with Crippen molar-refractivity contribution in [2.75, 3.05) is 5.32 Å². The van der Waals surface area contributed by atoms with E-state index >= 15 is 0 Å². The fourth-order valence-electron chi connectivity index (χ4n) is 2.68. The van der Waals surface area contributed by atoms with Gasteiger partial charge in [0, 0.05) is 16.0 Å². The molecule has 0 spiro atoms. The van der Waals surface area contributed by atoms with Gasteiger partial charge in [0.1, 0.15) is 10.6 Å². The SMILES string of the molecule is CCc1cc2c(Nc3cccc4ccccc34)nc(Cl)nc2s1. The third-order valence-electron chi connectivity index (χ3n) is 3.81. The van der Waals surface area contributed by atoms with Gasteiger partial charge in [0.25, 0.3) is 0 Å². The highest BCUT2D eigenvalue weighted by Gasteiger charge is 2.11. The van der Waals surface area contributed by atoms with Crippen LogP contribution in [-0.2, 0) is 6.42 Å². The standard InChI is InChI=1S/C18H14ClN3S/c1-2-12-10-14-16(21-18(19)22-17(14)23-12)20-15-9-5-7-11-6-3-4-8-13(11)15/h3-10H,2H2,1H3,(H,20,21,22). The molecule has 0 atom stereocenters. The lowest BCUT2D eigenvalue weighted by Gasteiger charge is -2.10. The van der Waals surface area contributed by atoms with Crippen LogP contribution in [0.2, 0.25) is 5.28 Å². The summed E-state index contributed by atoms with van der Waals surface area (Å²) in [6.45, 7) is 2.14. The minimum Gasteiger partial charge on any atom is -0.339 e. The van der Waals surface area contributed by atoms with Crippen LogP contribution in [0.3, 0.4) is 0 Å². The van der Waals surface area contributed by atoms with Crippen LogP contribution >= 0.6 is 22.9 Å². The Labute approximate surface area is 143 Å². The Hall–Kier alpha value is -2.17. The highest BCUT2D eigenvalue weighted by Crippen LogP contribution is 2.33. The van der Waals surface area contributed by atoms with E-state index in [1.54, 1.807) is 11.3 Å². The molecule has 0 saturated heterocycles. The van der Waals surface area contributed by atoms with Crippen molar-refractivity contribution < 1.29 is 0 Å². The number of rotatable bonds is 3. The Morgan fingerprint density at radius 3 is 2.74 bits per heavy atom. The van der Waals surface area contributed by atoms with Gasteiger partial charge in [0.05, 0.1) is 5.39 Å². The van der Waals surface area contributed by atoms with Crippen molar-refractivity contribution in [2.45, 2.75) is 13.3 Å². The monoisotopic (exact) mass is 339 g/mol. The molecular formula is C18H14ClN3S. The van der Waals surface area contributed by atoms with E-state index in [1.165, 1.54) is 10.3 Å². The van der Waals surface area contributed by atoms with Crippen molar-refractivity contribution in [2.24, 2.45) is 0 Å². The van der Waals surface area contributed by atoms with Crippen LogP contribution in [0.15, 0.2) is 48.5 Å². The Balaban J connectivity index is 1.87. The number of hydrogen-bond acceptors (Lipinski definition) is 4. The largest absolute Gasteiger partial charge is 0.339 e. The second kappa shape index (κ2) is 5.80. The maximum Gasteiger partial charge on any atom is 0.225 e. The fourth-order valence-corrected chi connectivity index (χ4v) is 3.86. The molecule has 0 unspecified atom stereocenters. The number of halogens is 1. The maximum absolute atomic E-state index is 6.11. The van der Waals surface area contributed by atoms with E-state index in [0.717, 1.165) is 33.5 Å². The molecule has 114 valence electrons. The van der Waals surface area contributed by atoms with E-state index in [-0.39, 0.29) is 5.28 Å². The number of fused-ring (bicyclic) bond motifs is 2. The molecule has 0 radical (unpaired) electrons. The molecule has 3 nitrogen and oxygen atoms in total. The van der Waals surface area contributed by atoms with Crippen LogP contribution in [0.5, 0.6) is 0 Å². The average Bonchev–Trinajstić information content (AvgIpc) is 2.98. The van der Waals surface area contributed by atoms with Gasteiger partial charge in [-0.3, -0.25) is 0 Å². The second-order valence-electron chi connectivity index (χ2n) is 5.28. The predicted octanol–water partition coefficient (Wildman–Crippen LogP) is 5.80. The summed E-state index contributed by atoms with van der Waals surface area (Å²) in [6, 6.07) is 16.6. The molecular weight excluding hydrogens is 326 g/mol. The number of thiophene rings is 1. The smallest absolute Gasteiger partial charge is 0.225 e. The zero-order chi connectivity index (χ0) is 15.8. The average molecular weight is 340 g/mol. The molecule has 5 heteroatoms. The molecule has 4 aromatic rings. The van der Waals surface area contributed by atoms with E-state index in [4.69, 9.17) is 11.6 Å². The first-order valence-corrected chi connectivity index (χ1v) is 8.65. The molecule has 0 aliphatic heterocycles. The quantitative estimate of drug-likeness (QED) is 0.479. The number of aryl methyl sites for hydroxylation is 1. The van der Waals surface area contributed by atoms with E-state index in [1.807, 2.05) is 18.2 Å². The lowest BCUT2D eigenvalue weighted by atomic mass is 10.1. The fraction of sp³-hybridized carbons (Fsp3) is 0.111. The van der Waals surface area contributed by atoms with Crippen molar-refractivity contribution in [3.05, 3.63) is 58.7 Å². The van der Waals surface area contributed by atoms with Crippen molar-refractivity contribution in [1.29, 1.82) is 0 Å². The molecule has 0 bridgehead atoms. The van der Waals surface area contributed by atoms with Gasteiger partial charge in [-0.25, -0.2) is 4.98 Å². The first-order valence-electron chi connectivity index (χ1n) is 7.45. The van der Waals surface area contributed by atoms with Gasteiger partial charge < -0.3 is 5.32 Å². The van der Waals surface area contributed by atoms with Crippen molar-refractivity contribution >= 4 is 55.4 Å². The zero-order valence-electron chi connectivity index (χ0n) is 12.5. The number of nitrogens with one attached hydrogen (secondary N) is 1. The normalized spacial score (nSPS) is 11.2. The number of nitrogens with zero attached hydrogens (tertiary/aromatic N) is 2. The molecule has 2 aromatic heterocycles. The zero-order valence-corrected chi connectivity index (χ0v) is 14.1. The summed E-state index contributed by atoms with van der Waals surface area (Å²) in [6.07, 6.45) is 0.979. The van der Waals surface area contributed by atoms with E-state index < -0.39 is 0 Å². The van der Waals surface area contributed by atoms with Gasteiger partial charge in [-0.2, -0.15) is 4.98 Å². The van der Waals surface area contributed by atoms with Crippen molar-refractivity contribution in [3.8, 4) is 0 Å². The van der Waals surface area contributed by atoms with Crippen LogP contribution < -0.4 is 5.32 Å². The van der Waals surface area contributed by atoms with Crippen LogP contribution in [0.4, 0.5) is 11.5 Å². The lowest BCUT2D eigenvalue weighted by Crippen LogP contribution is -1.96. The van der Waals surface area contributed by atoms with Crippen molar-refractivity contribution in [3.63, 3.8) is 0 Å². The Bertz CT molecular complexity index is 1000. The topological polar surface area (TPSA) is 37.8 Å². The molecule has 4 rings (SSSR count). The molecule has 0 saturated carbocycles. The Morgan fingerprint density at radius 2 is 1.87 bits per heavy atom. The minimum absolute atomic E-state index is 0.268. The highest BCUT2D eigenvalue weighted by atomic mass is 35.5. The van der Waals surface area contributed by atoms with Crippen LogP contribution in [0.25, 0.3) is 21.0 Å². The summed E-state index contributed by atoms with van der Waals surface area (Å²) in [5.41, 5.74) is 1.02. The molecule has 0 amide bonds. The summed E-state index contributed by atoms with van der Waals surface area (Å²) in [5.74, 6) is 0.757. The predicted molar refractivity (Wildman–Crippen MR) is 99.0 cm³/mol. The Kier molecular flexibility index (Phi) is 3.63. The minimum atomic E-state index is 0.268. The Morgan fingerprint density at radius 1 is 1.04 bits per heavy atom. The van der Waals surface area contributed by atoms with Gasteiger partial charge in [-0.05, 0) is 35.5 Å². The lowest BCUT2D eigenvalue weighted by molar-refractivity contribution is 1.19. The van der Waals surface area contributed by atoms with E-state index in [0.29, 0.717) is 0 Å². The van der Waals surface area contributed by atoms with Gasteiger partial charge in [-0.15, -0.1) is 11.3 Å². The molecule has 2 heterocycles. The van der Waals surface area contributed by atoms with Crippen LogP contribution in [-0.4, -0.2) is 9.97 Å². The molecule has 0 fully saturated rings. The maximum atomic E-state index is 6.11. The molecule has 23 heavy (non-hydrogen) atoms. The summed E-state index contributed by atoms with van der Waals surface area (Å²) >= 11 is 7.77. The number of aromatic nitrogens is 2. The number of benzene rings is 2. The second-order valence-corrected chi connectivity index (χ2v) is 6.73. The molecule has 1 N–H and O–H groups in total. The first-order chi connectivity index (χ1) is 11.2. The molecule has 2 aromatic carbocycles. The third kappa shape index (κ3) is 2.64. The molecule has 0 aliphatic carbocycles. The highest BCUT2D eigenvalue weighted by molar-refractivity contribution is 7.18. The van der Waals surface area contributed by atoms with Gasteiger partial charge in [0.2, 0.25) is 5.28 Å². The van der Waals surface area contributed by atoms with Gasteiger partial charge in [0.15, 0.2) is 0 Å². The van der Waals surface area contributed by atoms with E-state index in [9.17, 15) is 0 Å².